The van der Waals surface area contributed by atoms with E-state index in [0.29, 0.717) is 0 Å². The summed E-state index contributed by atoms with van der Waals surface area (Å²) in [5, 5.41) is 0. The number of nitrogens with zero attached hydrogens (tertiary/aromatic N) is 1. The highest BCUT2D eigenvalue weighted by molar-refractivity contribution is 7.88. The molecular formula is C9H16F2N2O4S. The smallest absolute Gasteiger partial charge is 0.288 e. The molecule has 0 radical (unpaired) electrons. The summed E-state index contributed by atoms with van der Waals surface area (Å²) in [4.78, 5) is 12.7. The molecule has 0 bridgehead atoms. The average molecular weight is 286 g/mol. The normalized spacial score (nSPS) is 22.3. The van der Waals surface area contributed by atoms with Gasteiger partial charge in [0.2, 0.25) is 15.9 Å². The molecule has 0 aromatic heterocycles. The van der Waals surface area contributed by atoms with Gasteiger partial charge in [-0.1, -0.05) is 0 Å². The van der Waals surface area contributed by atoms with Gasteiger partial charge in [-0.05, 0) is 6.92 Å². The summed E-state index contributed by atoms with van der Waals surface area (Å²) in [7, 11) is -3.56. The number of hydrogen-bond acceptors (Lipinski definition) is 4. The van der Waals surface area contributed by atoms with Crippen LogP contribution < -0.4 is 4.72 Å². The Balaban J connectivity index is 2.70. The molecule has 0 spiro atoms. The predicted molar refractivity (Wildman–Crippen MR) is 59.8 cm³/mol. The van der Waals surface area contributed by atoms with Gasteiger partial charge in [0.05, 0.1) is 25.4 Å². The van der Waals surface area contributed by atoms with Crippen LogP contribution in [-0.2, 0) is 19.6 Å². The third-order valence-electron chi connectivity index (χ3n) is 2.31. The first kappa shape index (κ1) is 15.3. The van der Waals surface area contributed by atoms with E-state index >= 15 is 0 Å². The molecule has 0 aliphatic carbocycles. The maximum Gasteiger partial charge on any atom is 0.288 e. The van der Waals surface area contributed by atoms with Gasteiger partial charge in [0.15, 0.2) is 0 Å². The van der Waals surface area contributed by atoms with E-state index in [1.54, 1.807) is 0 Å². The summed E-state index contributed by atoms with van der Waals surface area (Å²) in [5.41, 5.74) is 0. The highest BCUT2D eigenvalue weighted by atomic mass is 32.2. The van der Waals surface area contributed by atoms with E-state index in [2.05, 4.69) is 9.46 Å². The van der Waals surface area contributed by atoms with E-state index in [0.717, 1.165) is 11.2 Å². The lowest BCUT2D eigenvalue weighted by Crippen LogP contribution is -2.50. The molecule has 1 unspecified atom stereocenters. The number of carbonyl (C=O) groups is 1. The topological polar surface area (TPSA) is 75.7 Å². The minimum atomic E-state index is -3.56. The molecule has 1 aliphatic rings. The third kappa shape index (κ3) is 4.83. The number of ether oxygens (including phenoxy) is 1. The van der Waals surface area contributed by atoms with Gasteiger partial charge in [-0.3, -0.25) is 4.79 Å². The van der Waals surface area contributed by atoms with Crippen LogP contribution in [0.2, 0.25) is 0 Å². The lowest BCUT2D eigenvalue weighted by molar-refractivity contribution is -0.137. The first-order valence-corrected chi connectivity index (χ1v) is 7.21. The van der Waals surface area contributed by atoms with Crippen LogP contribution in [0.4, 0.5) is 8.78 Å². The van der Waals surface area contributed by atoms with Crippen molar-refractivity contribution in [1.82, 2.24) is 9.62 Å². The quantitative estimate of drug-likeness (QED) is 0.753. The highest BCUT2D eigenvalue weighted by Crippen LogP contribution is 2.19. The van der Waals surface area contributed by atoms with Gasteiger partial charge in [-0.25, -0.2) is 21.9 Å². The SMILES string of the molecule is CC(NS(C)(=O)=O)C(=O)N1CCOCC(F)(F)C1. The van der Waals surface area contributed by atoms with Crippen LogP contribution in [0.15, 0.2) is 0 Å². The van der Waals surface area contributed by atoms with E-state index < -0.39 is 41.0 Å². The molecule has 0 aromatic rings. The first-order chi connectivity index (χ1) is 8.11. The Bertz CT molecular complexity index is 413. The van der Waals surface area contributed by atoms with Gasteiger partial charge < -0.3 is 9.64 Å². The van der Waals surface area contributed by atoms with Crippen LogP contribution >= 0.6 is 0 Å². The van der Waals surface area contributed by atoms with E-state index in [9.17, 15) is 22.0 Å². The van der Waals surface area contributed by atoms with Crippen LogP contribution in [0.3, 0.4) is 0 Å². The molecule has 1 amide bonds. The number of amides is 1. The summed E-state index contributed by atoms with van der Waals surface area (Å²) in [6, 6.07) is -1.08. The van der Waals surface area contributed by atoms with Gasteiger partial charge in [0, 0.05) is 6.54 Å². The number of halogens is 2. The zero-order valence-electron chi connectivity index (χ0n) is 10.2. The number of sulfonamides is 1. The largest absolute Gasteiger partial charge is 0.373 e. The minimum Gasteiger partial charge on any atom is -0.373 e. The Morgan fingerprint density at radius 3 is 2.67 bits per heavy atom. The Kier molecular flexibility index (Phi) is 4.62. The highest BCUT2D eigenvalue weighted by Gasteiger charge is 2.37. The van der Waals surface area contributed by atoms with Crippen LogP contribution in [0, 0.1) is 0 Å². The standard InChI is InChI=1S/C9H16F2N2O4S/c1-7(12-18(2,15)16)8(14)13-3-4-17-6-9(10,11)5-13/h7,12H,3-6H2,1-2H3. The van der Waals surface area contributed by atoms with E-state index in [1.165, 1.54) is 6.92 Å². The zero-order chi connectivity index (χ0) is 14.0. The molecular weight excluding hydrogens is 270 g/mol. The number of carbonyl (C=O) groups excluding carboxylic acids is 1. The Labute approximate surface area is 104 Å². The van der Waals surface area contributed by atoms with Gasteiger partial charge in [0.1, 0.15) is 6.61 Å². The van der Waals surface area contributed by atoms with Crippen LogP contribution in [0.25, 0.3) is 0 Å². The predicted octanol–water partition coefficient (Wildman–Crippen LogP) is -0.582. The van der Waals surface area contributed by atoms with Crippen molar-refractivity contribution in [3.05, 3.63) is 0 Å². The molecule has 0 saturated carbocycles. The molecule has 9 heteroatoms. The van der Waals surface area contributed by atoms with Crippen LogP contribution in [0.5, 0.6) is 0 Å². The van der Waals surface area contributed by atoms with Crippen LogP contribution in [0.1, 0.15) is 6.92 Å². The second-order valence-electron chi connectivity index (χ2n) is 4.28. The number of alkyl halides is 2. The molecule has 0 aromatic carbocycles. The summed E-state index contributed by atoms with van der Waals surface area (Å²) in [6.45, 7) is -0.156. The van der Waals surface area contributed by atoms with Crippen molar-refractivity contribution in [3.63, 3.8) is 0 Å². The van der Waals surface area contributed by atoms with Crippen molar-refractivity contribution in [3.8, 4) is 0 Å². The molecule has 18 heavy (non-hydrogen) atoms. The Morgan fingerprint density at radius 1 is 1.50 bits per heavy atom. The van der Waals surface area contributed by atoms with Gasteiger partial charge in [-0.15, -0.1) is 0 Å². The summed E-state index contributed by atoms with van der Waals surface area (Å²) in [5.74, 6) is -3.80. The summed E-state index contributed by atoms with van der Waals surface area (Å²) >= 11 is 0. The molecule has 1 atom stereocenters. The lowest BCUT2D eigenvalue weighted by atomic mass is 10.2. The summed E-state index contributed by atoms with van der Waals surface area (Å²) in [6.07, 6.45) is 0.900. The van der Waals surface area contributed by atoms with Crippen molar-refractivity contribution in [2.45, 2.75) is 18.9 Å². The zero-order valence-corrected chi connectivity index (χ0v) is 11.0. The Morgan fingerprint density at radius 2 is 2.11 bits per heavy atom. The maximum absolute atomic E-state index is 13.2. The molecule has 1 heterocycles. The fourth-order valence-electron chi connectivity index (χ4n) is 1.63. The number of rotatable bonds is 3. The fraction of sp³-hybridized carbons (Fsp3) is 0.889. The van der Waals surface area contributed by atoms with E-state index in [-0.39, 0.29) is 13.2 Å². The second-order valence-corrected chi connectivity index (χ2v) is 6.06. The molecule has 106 valence electrons. The van der Waals surface area contributed by atoms with Crippen molar-refractivity contribution in [1.29, 1.82) is 0 Å². The van der Waals surface area contributed by atoms with Crippen molar-refractivity contribution in [2.24, 2.45) is 0 Å². The van der Waals surface area contributed by atoms with Gasteiger partial charge >= 0.3 is 0 Å². The third-order valence-corrected chi connectivity index (χ3v) is 3.10. The number of nitrogens with one attached hydrogen (secondary N) is 1. The molecule has 1 N–H and O–H groups in total. The first-order valence-electron chi connectivity index (χ1n) is 5.32. The monoisotopic (exact) mass is 286 g/mol. The van der Waals surface area contributed by atoms with Crippen molar-refractivity contribution < 1.29 is 26.7 Å². The Hall–Kier alpha value is -0.800. The molecule has 1 aliphatic heterocycles. The molecule has 1 saturated heterocycles. The molecule has 6 nitrogen and oxygen atoms in total. The number of hydrogen-bond donors (Lipinski definition) is 1. The molecule has 1 rings (SSSR count). The van der Waals surface area contributed by atoms with E-state index in [4.69, 9.17) is 0 Å². The summed E-state index contributed by atoms with van der Waals surface area (Å²) < 4.78 is 55.1. The lowest BCUT2D eigenvalue weighted by Gasteiger charge is -2.26. The van der Waals surface area contributed by atoms with Gasteiger partial charge in [0.25, 0.3) is 5.92 Å². The second kappa shape index (κ2) is 5.45. The minimum absolute atomic E-state index is 0.00687. The van der Waals surface area contributed by atoms with Crippen molar-refractivity contribution >= 4 is 15.9 Å². The average Bonchev–Trinajstić information content (AvgIpc) is 2.35. The van der Waals surface area contributed by atoms with Crippen molar-refractivity contribution in [2.75, 3.05) is 32.6 Å². The molecule has 1 fully saturated rings. The fourth-order valence-corrected chi connectivity index (χ4v) is 2.38. The van der Waals surface area contributed by atoms with Crippen LogP contribution in [-0.4, -0.2) is 63.7 Å². The van der Waals surface area contributed by atoms with Gasteiger partial charge in [-0.2, -0.15) is 0 Å². The van der Waals surface area contributed by atoms with E-state index in [1.807, 2.05) is 0 Å². The maximum atomic E-state index is 13.2.